The van der Waals surface area contributed by atoms with Crippen molar-refractivity contribution in [2.45, 2.75) is 45.6 Å². The van der Waals surface area contributed by atoms with Gasteiger partial charge in [0.15, 0.2) is 0 Å². The van der Waals surface area contributed by atoms with Gasteiger partial charge in [0.1, 0.15) is 0 Å². The molecule has 0 aliphatic carbocycles. The molecule has 2 heterocycles. The maximum Gasteiger partial charge on any atom is 0.229 e. The van der Waals surface area contributed by atoms with Crippen molar-refractivity contribution in [3.8, 4) is 0 Å². The average molecular weight is 273 g/mol. The Morgan fingerprint density at radius 1 is 1.17 bits per heavy atom. The number of alkyl halides is 1. The summed E-state index contributed by atoms with van der Waals surface area (Å²) in [4.78, 5) is 16.9. The molecule has 0 radical (unpaired) electrons. The fourth-order valence-corrected chi connectivity index (χ4v) is 3.14. The van der Waals surface area contributed by atoms with Crippen LogP contribution in [0.1, 0.15) is 39.5 Å². The monoisotopic (exact) mass is 272 g/mol. The lowest BCUT2D eigenvalue weighted by Crippen LogP contribution is -2.49. The van der Waals surface area contributed by atoms with Crippen molar-refractivity contribution in [1.82, 2.24) is 9.80 Å². The van der Waals surface area contributed by atoms with Gasteiger partial charge in [0.05, 0.1) is 5.41 Å². The van der Waals surface area contributed by atoms with Crippen LogP contribution in [0, 0.1) is 5.41 Å². The Kier molecular flexibility index (Phi) is 4.54. The number of piperidine rings is 1. The number of rotatable bonds is 3. The van der Waals surface area contributed by atoms with Crippen LogP contribution in [0.2, 0.25) is 0 Å². The van der Waals surface area contributed by atoms with Gasteiger partial charge in [0.2, 0.25) is 5.91 Å². The van der Waals surface area contributed by atoms with E-state index < -0.39 is 5.41 Å². The van der Waals surface area contributed by atoms with E-state index in [-0.39, 0.29) is 5.91 Å². The fourth-order valence-electron chi connectivity index (χ4n) is 3.03. The van der Waals surface area contributed by atoms with Crippen LogP contribution in [0.3, 0.4) is 0 Å². The van der Waals surface area contributed by atoms with Crippen molar-refractivity contribution in [2.24, 2.45) is 5.41 Å². The summed E-state index contributed by atoms with van der Waals surface area (Å²) < 4.78 is 0. The second kappa shape index (κ2) is 5.79. The largest absolute Gasteiger partial charge is 0.342 e. The number of hydrogen-bond acceptors (Lipinski definition) is 2. The molecule has 0 saturated carbocycles. The van der Waals surface area contributed by atoms with E-state index in [1.54, 1.807) is 0 Å². The topological polar surface area (TPSA) is 23.6 Å². The van der Waals surface area contributed by atoms with Gasteiger partial charge >= 0.3 is 0 Å². The molecule has 0 N–H and O–H groups in total. The standard InChI is InChI=1S/C14H25ClN2O/c1-14(2,11-15)13(18)17-9-5-12(6-10-17)16-7-3-4-8-16/h12H,3-11H2,1-2H3. The molecule has 0 aromatic heterocycles. The Morgan fingerprint density at radius 3 is 2.22 bits per heavy atom. The number of carbonyl (C=O) groups excluding carboxylic acids is 1. The van der Waals surface area contributed by atoms with Crippen LogP contribution in [0.15, 0.2) is 0 Å². The Bertz CT molecular complexity index is 292. The van der Waals surface area contributed by atoms with E-state index in [2.05, 4.69) is 4.90 Å². The minimum absolute atomic E-state index is 0.220. The van der Waals surface area contributed by atoms with E-state index in [1.165, 1.54) is 25.9 Å². The highest BCUT2D eigenvalue weighted by Crippen LogP contribution is 2.26. The molecule has 2 fully saturated rings. The first-order valence-electron chi connectivity index (χ1n) is 7.14. The second-order valence-electron chi connectivity index (χ2n) is 6.28. The third kappa shape index (κ3) is 3.00. The zero-order valence-electron chi connectivity index (χ0n) is 11.6. The smallest absolute Gasteiger partial charge is 0.229 e. The van der Waals surface area contributed by atoms with Gasteiger partial charge in [-0.25, -0.2) is 0 Å². The quantitative estimate of drug-likeness (QED) is 0.737. The van der Waals surface area contributed by atoms with Gasteiger partial charge in [-0.3, -0.25) is 4.79 Å². The highest BCUT2D eigenvalue weighted by molar-refractivity contribution is 6.19. The number of carbonyl (C=O) groups is 1. The van der Waals surface area contributed by atoms with E-state index in [9.17, 15) is 4.79 Å². The van der Waals surface area contributed by atoms with E-state index >= 15 is 0 Å². The zero-order valence-corrected chi connectivity index (χ0v) is 12.4. The average Bonchev–Trinajstić information content (AvgIpc) is 2.92. The summed E-state index contributed by atoms with van der Waals surface area (Å²) in [6.45, 7) is 8.20. The maximum absolute atomic E-state index is 12.3. The molecule has 0 aromatic rings. The molecule has 3 nitrogen and oxygen atoms in total. The molecule has 0 bridgehead atoms. The summed E-state index contributed by atoms with van der Waals surface area (Å²) >= 11 is 5.88. The Labute approximate surface area is 115 Å². The minimum Gasteiger partial charge on any atom is -0.342 e. The van der Waals surface area contributed by atoms with Crippen molar-refractivity contribution in [1.29, 1.82) is 0 Å². The molecule has 0 spiro atoms. The number of amides is 1. The normalized spacial score (nSPS) is 23.6. The van der Waals surface area contributed by atoms with Crippen LogP contribution in [0.5, 0.6) is 0 Å². The highest BCUT2D eigenvalue weighted by Gasteiger charge is 2.34. The number of nitrogens with zero attached hydrogens (tertiary/aromatic N) is 2. The van der Waals surface area contributed by atoms with Crippen molar-refractivity contribution < 1.29 is 4.79 Å². The van der Waals surface area contributed by atoms with Gasteiger partial charge in [-0.15, -0.1) is 11.6 Å². The lowest BCUT2D eigenvalue weighted by atomic mass is 9.92. The molecule has 0 unspecified atom stereocenters. The molecule has 2 aliphatic heterocycles. The summed E-state index contributed by atoms with van der Waals surface area (Å²) in [6, 6.07) is 0.704. The van der Waals surface area contributed by atoms with Gasteiger partial charge in [-0.05, 0) is 52.6 Å². The van der Waals surface area contributed by atoms with Gasteiger partial charge in [0.25, 0.3) is 0 Å². The summed E-state index contributed by atoms with van der Waals surface area (Å²) in [7, 11) is 0. The first-order valence-corrected chi connectivity index (χ1v) is 7.67. The van der Waals surface area contributed by atoms with Crippen LogP contribution in [0.25, 0.3) is 0 Å². The molecule has 2 saturated heterocycles. The Balaban J connectivity index is 1.84. The molecule has 1 amide bonds. The molecule has 4 heteroatoms. The SMILES string of the molecule is CC(C)(CCl)C(=O)N1CCC(N2CCCC2)CC1. The third-order valence-corrected chi connectivity index (χ3v) is 4.99. The van der Waals surface area contributed by atoms with E-state index in [4.69, 9.17) is 11.6 Å². The first kappa shape index (κ1) is 14.1. The predicted octanol–water partition coefficient (Wildman–Crippen LogP) is 2.34. The van der Waals surface area contributed by atoms with Gasteiger partial charge in [-0.2, -0.15) is 0 Å². The predicted molar refractivity (Wildman–Crippen MR) is 74.9 cm³/mol. The number of likely N-dealkylation sites (tertiary alicyclic amines) is 2. The fraction of sp³-hybridized carbons (Fsp3) is 0.929. The summed E-state index contributed by atoms with van der Waals surface area (Å²) in [5.74, 6) is 0.620. The van der Waals surface area contributed by atoms with Crippen molar-refractivity contribution in [2.75, 3.05) is 32.1 Å². The minimum atomic E-state index is -0.415. The summed E-state index contributed by atoms with van der Waals surface area (Å²) in [6.07, 6.45) is 4.95. The van der Waals surface area contributed by atoms with Gasteiger partial charge < -0.3 is 9.80 Å². The Hall–Kier alpha value is -0.280. The Morgan fingerprint density at radius 2 is 1.72 bits per heavy atom. The number of halogens is 1. The van der Waals surface area contributed by atoms with Crippen molar-refractivity contribution >= 4 is 17.5 Å². The molecule has 18 heavy (non-hydrogen) atoms. The molecular formula is C14H25ClN2O. The van der Waals surface area contributed by atoms with Crippen LogP contribution in [0.4, 0.5) is 0 Å². The lowest BCUT2D eigenvalue weighted by Gasteiger charge is -2.39. The van der Waals surface area contributed by atoms with Crippen molar-refractivity contribution in [3.63, 3.8) is 0 Å². The van der Waals surface area contributed by atoms with Crippen LogP contribution < -0.4 is 0 Å². The molecule has 0 atom stereocenters. The highest BCUT2D eigenvalue weighted by atomic mass is 35.5. The molecule has 0 aromatic carbocycles. The van der Waals surface area contributed by atoms with Crippen LogP contribution >= 0.6 is 11.6 Å². The first-order chi connectivity index (χ1) is 8.54. The van der Waals surface area contributed by atoms with Crippen LogP contribution in [-0.4, -0.2) is 53.8 Å². The second-order valence-corrected chi connectivity index (χ2v) is 6.55. The van der Waals surface area contributed by atoms with Gasteiger partial charge in [0, 0.05) is 25.0 Å². The molecule has 104 valence electrons. The third-order valence-electron chi connectivity index (χ3n) is 4.32. The van der Waals surface area contributed by atoms with Crippen LogP contribution in [-0.2, 0) is 4.79 Å². The van der Waals surface area contributed by atoms with Gasteiger partial charge in [-0.1, -0.05) is 0 Å². The molecule has 2 rings (SSSR count). The van der Waals surface area contributed by atoms with E-state index in [0.29, 0.717) is 11.9 Å². The summed E-state index contributed by atoms with van der Waals surface area (Å²) in [5, 5.41) is 0. The summed E-state index contributed by atoms with van der Waals surface area (Å²) in [5.41, 5.74) is -0.415. The van der Waals surface area contributed by atoms with E-state index in [0.717, 1.165) is 25.9 Å². The lowest BCUT2D eigenvalue weighted by molar-refractivity contribution is -0.140. The van der Waals surface area contributed by atoms with Crippen molar-refractivity contribution in [3.05, 3.63) is 0 Å². The maximum atomic E-state index is 12.3. The van der Waals surface area contributed by atoms with E-state index in [1.807, 2.05) is 18.7 Å². The number of hydrogen-bond donors (Lipinski definition) is 0. The molecule has 2 aliphatic rings. The molecular weight excluding hydrogens is 248 g/mol. The zero-order chi connectivity index (χ0) is 13.2.